The fourth-order valence-electron chi connectivity index (χ4n) is 2.15. The molecule has 0 aromatic heterocycles. The minimum atomic E-state index is -0.581. The molecule has 1 atom stereocenters. The van der Waals surface area contributed by atoms with Gasteiger partial charge in [-0.15, -0.1) is 0 Å². The molecule has 0 aliphatic heterocycles. The Morgan fingerprint density at radius 2 is 2.24 bits per heavy atom. The van der Waals surface area contributed by atoms with E-state index in [4.69, 9.17) is 10.00 Å². The molecule has 1 fully saturated rings. The maximum Gasteiger partial charge on any atom is 0.137 e. The van der Waals surface area contributed by atoms with Crippen molar-refractivity contribution in [1.29, 1.82) is 5.26 Å². The summed E-state index contributed by atoms with van der Waals surface area (Å²) >= 11 is 0. The molecule has 5 heteroatoms. The van der Waals surface area contributed by atoms with E-state index in [0.717, 1.165) is 19.1 Å². The maximum atomic E-state index is 9.88. The smallest absolute Gasteiger partial charge is 0.137 e. The second kappa shape index (κ2) is 7.99. The van der Waals surface area contributed by atoms with Gasteiger partial charge in [-0.25, -0.2) is 0 Å². The molecule has 5 nitrogen and oxygen atoms in total. The maximum absolute atomic E-state index is 9.88. The van der Waals surface area contributed by atoms with Crippen molar-refractivity contribution in [2.24, 2.45) is 0 Å². The van der Waals surface area contributed by atoms with E-state index in [1.165, 1.54) is 12.8 Å². The molecule has 0 spiro atoms. The largest absolute Gasteiger partial charge is 0.489 e. The molecule has 0 bridgehead atoms. The van der Waals surface area contributed by atoms with Crippen LogP contribution < -0.4 is 10.1 Å². The third kappa shape index (κ3) is 5.35. The van der Waals surface area contributed by atoms with E-state index in [1.54, 1.807) is 18.2 Å². The molecule has 0 radical (unpaired) electrons. The van der Waals surface area contributed by atoms with Gasteiger partial charge in [0.2, 0.25) is 0 Å². The SMILES string of the molecule is CN(CCNCC(O)COc1ccccc1C#N)C1CC1. The van der Waals surface area contributed by atoms with Crippen LogP contribution in [0.15, 0.2) is 24.3 Å². The van der Waals surface area contributed by atoms with Crippen molar-refractivity contribution in [2.75, 3.05) is 33.3 Å². The number of nitriles is 1. The zero-order valence-electron chi connectivity index (χ0n) is 12.5. The van der Waals surface area contributed by atoms with Gasteiger partial charge in [0.05, 0.1) is 5.56 Å². The van der Waals surface area contributed by atoms with Gasteiger partial charge >= 0.3 is 0 Å². The highest BCUT2D eigenvalue weighted by atomic mass is 16.5. The molecule has 2 N–H and O–H groups in total. The van der Waals surface area contributed by atoms with E-state index in [2.05, 4.69) is 23.3 Å². The standard InChI is InChI=1S/C16H23N3O2/c1-19(14-6-7-14)9-8-18-11-15(20)12-21-16-5-3-2-4-13(16)10-17/h2-5,14-15,18,20H,6-9,11-12H2,1H3. The minimum Gasteiger partial charge on any atom is -0.489 e. The molecule has 2 rings (SSSR count). The molecular formula is C16H23N3O2. The molecule has 1 aromatic carbocycles. The molecule has 1 aliphatic rings. The normalized spacial score (nSPS) is 15.7. The first-order valence-electron chi connectivity index (χ1n) is 7.41. The van der Waals surface area contributed by atoms with Crippen molar-refractivity contribution in [1.82, 2.24) is 10.2 Å². The van der Waals surface area contributed by atoms with Crippen LogP contribution in [0.1, 0.15) is 18.4 Å². The summed E-state index contributed by atoms with van der Waals surface area (Å²) in [4.78, 5) is 2.35. The van der Waals surface area contributed by atoms with Crippen LogP contribution in [0.3, 0.4) is 0 Å². The second-order valence-corrected chi connectivity index (χ2v) is 5.49. The van der Waals surface area contributed by atoms with Crippen LogP contribution in [-0.2, 0) is 0 Å². The van der Waals surface area contributed by atoms with E-state index in [-0.39, 0.29) is 6.61 Å². The number of nitrogens with zero attached hydrogens (tertiary/aromatic N) is 2. The van der Waals surface area contributed by atoms with Gasteiger partial charge < -0.3 is 20.1 Å². The van der Waals surface area contributed by atoms with Gasteiger partial charge in [0.25, 0.3) is 0 Å². The lowest BCUT2D eigenvalue weighted by Gasteiger charge is -2.17. The fraction of sp³-hybridized carbons (Fsp3) is 0.562. The Bertz CT molecular complexity index is 483. The summed E-state index contributed by atoms with van der Waals surface area (Å²) in [5, 5.41) is 22.1. The van der Waals surface area contributed by atoms with Gasteiger partial charge in [0, 0.05) is 25.7 Å². The van der Waals surface area contributed by atoms with Gasteiger partial charge in [0.1, 0.15) is 24.5 Å². The zero-order valence-corrected chi connectivity index (χ0v) is 12.5. The number of rotatable bonds is 9. The highest BCUT2D eigenvalue weighted by Gasteiger charge is 2.25. The van der Waals surface area contributed by atoms with Crippen LogP contribution >= 0.6 is 0 Å². The van der Waals surface area contributed by atoms with Crippen LogP contribution in [-0.4, -0.2) is 55.4 Å². The Kier molecular flexibility index (Phi) is 6.00. The number of aliphatic hydroxyl groups is 1. The van der Waals surface area contributed by atoms with E-state index >= 15 is 0 Å². The third-order valence-electron chi connectivity index (χ3n) is 3.63. The first-order valence-corrected chi connectivity index (χ1v) is 7.41. The molecule has 1 aliphatic carbocycles. The summed E-state index contributed by atoms with van der Waals surface area (Å²) in [5.41, 5.74) is 0.490. The third-order valence-corrected chi connectivity index (χ3v) is 3.63. The van der Waals surface area contributed by atoms with Crippen molar-refractivity contribution in [3.8, 4) is 11.8 Å². The van der Waals surface area contributed by atoms with Crippen molar-refractivity contribution in [3.63, 3.8) is 0 Å². The number of para-hydroxylation sites is 1. The molecule has 0 heterocycles. The van der Waals surface area contributed by atoms with Crippen molar-refractivity contribution < 1.29 is 9.84 Å². The van der Waals surface area contributed by atoms with Gasteiger partial charge in [0.15, 0.2) is 0 Å². The summed E-state index contributed by atoms with van der Waals surface area (Å²) in [5.74, 6) is 0.521. The van der Waals surface area contributed by atoms with Crippen LogP contribution in [0.2, 0.25) is 0 Å². The number of aliphatic hydroxyl groups excluding tert-OH is 1. The van der Waals surface area contributed by atoms with Gasteiger partial charge in [-0.05, 0) is 32.0 Å². The quantitative estimate of drug-likeness (QED) is 0.663. The Morgan fingerprint density at radius 3 is 2.95 bits per heavy atom. The Balaban J connectivity index is 1.60. The summed E-state index contributed by atoms with van der Waals surface area (Å²) in [6.07, 6.45) is 2.04. The topological polar surface area (TPSA) is 68.5 Å². The Morgan fingerprint density at radius 1 is 1.48 bits per heavy atom. The molecule has 1 saturated carbocycles. The van der Waals surface area contributed by atoms with Gasteiger partial charge in [-0.1, -0.05) is 12.1 Å². The van der Waals surface area contributed by atoms with Crippen LogP contribution in [0.4, 0.5) is 0 Å². The van der Waals surface area contributed by atoms with Crippen molar-refractivity contribution in [3.05, 3.63) is 29.8 Å². The van der Waals surface area contributed by atoms with Crippen molar-refractivity contribution >= 4 is 0 Å². The monoisotopic (exact) mass is 289 g/mol. The zero-order chi connectivity index (χ0) is 15.1. The minimum absolute atomic E-state index is 0.185. The first-order chi connectivity index (χ1) is 10.2. The summed E-state index contributed by atoms with van der Waals surface area (Å²) < 4.78 is 5.49. The van der Waals surface area contributed by atoms with E-state index in [0.29, 0.717) is 17.9 Å². The first kappa shape index (κ1) is 15.8. The lowest BCUT2D eigenvalue weighted by Crippen LogP contribution is -2.36. The van der Waals surface area contributed by atoms with Crippen molar-refractivity contribution in [2.45, 2.75) is 25.0 Å². The van der Waals surface area contributed by atoms with E-state index < -0.39 is 6.10 Å². The molecule has 114 valence electrons. The average molecular weight is 289 g/mol. The fourth-order valence-corrected chi connectivity index (χ4v) is 2.15. The number of ether oxygens (including phenoxy) is 1. The predicted molar refractivity (Wildman–Crippen MR) is 81.2 cm³/mol. The average Bonchev–Trinajstić information content (AvgIpc) is 3.34. The van der Waals surface area contributed by atoms with Crippen LogP contribution in [0.5, 0.6) is 5.75 Å². The Hall–Kier alpha value is -1.61. The highest BCUT2D eigenvalue weighted by Crippen LogP contribution is 2.24. The van der Waals surface area contributed by atoms with E-state index in [9.17, 15) is 5.11 Å². The summed E-state index contributed by atoms with van der Waals surface area (Å²) in [6.45, 7) is 2.53. The van der Waals surface area contributed by atoms with E-state index in [1.807, 2.05) is 6.07 Å². The molecule has 0 amide bonds. The van der Waals surface area contributed by atoms with Gasteiger partial charge in [-0.3, -0.25) is 0 Å². The summed E-state index contributed by atoms with van der Waals surface area (Å²) in [7, 11) is 2.14. The Labute approximate surface area is 126 Å². The molecule has 1 unspecified atom stereocenters. The summed E-state index contributed by atoms with van der Waals surface area (Å²) in [6, 6.07) is 9.89. The number of benzene rings is 1. The second-order valence-electron chi connectivity index (χ2n) is 5.49. The van der Waals surface area contributed by atoms with Gasteiger partial charge in [-0.2, -0.15) is 5.26 Å². The molecule has 21 heavy (non-hydrogen) atoms. The van der Waals surface area contributed by atoms with Crippen LogP contribution in [0.25, 0.3) is 0 Å². The number of hydrogen-bond donors (Lipinski definition) is 2. The number of likely N-dealkylation sites (N-methyl/N-ethyl adjacent to an activating group) is 1. The lowest BCUT2D eigenvalue weighted by molar-refractivity contribution is 0.105. The lowest BCUT2D eigenvalue weighted by atomic mass is 10.2. The molecule has 0 saturated heterocycles. The van der Waals surface area contributed by atoms with Crippen LogP contribution in [0, 0.1) is 11.3 Å². The molecular weight excluding hydrogens is 266 g/mol. The molecule has 1 aromatic rings. The number of nitrogens with one attached hydrogen (secondary N) is 1. The highest BCUT2D eigenvalue weighted by molar-refractivity contribution is 5.42. The number of hydrogen-bond acceptors (Lipinski definition) is 5. The predicted octanol–water partition coefficient (Wildman–Crippen LogP) is 0.982.